The van der Waals surface area contributed by atoms with Crippen LogP contribution in [0.15, 0.2) is 12.1 Å². The van der Waals surface area contributed by atoms with Gasteiger partial charge >= 0.3 is 0 Å². The highest BCUT2D eigenvalue weighted by Crippen LogP contribution is 2.34. The fraction of sp³-hybridized carbons (Fsp3) is 0.571. The number of methoxy groups -OCH3 is 1. The fourth-order valence-corrected chi connectivity index (χ4v) is 2.60. The molecular weight excluding hydrogens is 283 g/mol. The van der Waals surface area contributed by atoms with E-state index < -0.39 is 12.0 Å². The van der Waals surface area contributed by atoms with Gasteiger partial charge in [-0.15, -0.1) is 0 Å². The van der Waals surface area contributed by atoms with E-state index in [2.05, 4.69) is 11.8 Å². The zero-order valence-electron chi connectivity index (χ0n) is 11.8. The first-order valence-corrected chi connectivity index (χ1v) is 7.14. The normalized spacial score (nSPS) is 19.6. The minimum absolute atomic E-state index is 0.227. The third-order valence-electron chi connectivity index (χ3n) is 3.49. The summed E-state index contributed by atoms with van der Waals surface area (Å²) in [5, 5.41) is 10.3. The van der Waals surface area contributed by atoms with Crippen molar-refractivity contribution in [3.05, 3.63) is 23.0 Å². The van der Waals surface area contributed by atoms with Gasteiger partial charge < -0.3 is 14.7 Å². The number of unbranched alkanes of at least 4 members (excludes halogenated alkanes) is 1. The van der Waals surface area contributed by atoms with Gasteiger partial charge in [-0.25, -0.2) is 4.39 Å². The van der Waals surface area contributed by atoms with Crippen LogP contribution in [0.25, 0.3) is 0 Å². The van der Waals surface area contributed by atoms with Gasteiger partial charge in [-0.05, 0) is 19.0 Å². The Hall–Kier alpha value is -1.04. The maximum absolute atomic E-state index is 14.1. The van der Waals surface area contributed by atoms with Crippen LogP contribution in [0, 0.1) is 5.82 Å². The molecule has 1 aromatic carbocycles. The molecule has 1 unspecified atom stereocenters. The number of β-amino-alcohol motifs (C(OH)–C–C–N with tert-alkyl or cyclic N) is 1. The van der Waals surface area contributed by atoms with Crippen LogP contribution in [0.5, 0.6) is 5.75 Å². The van der Waals surface area contributed by atoms with Gasteiger partial charge in [0, 0.05) is 12.6 Å². The molecule has 1 aliphatic rings. The number of hydrogen-bond acceptors (Lipinski definition) is 4. The fourth-order valence-electron chi connectivity index (χ4n) is 2.37. The molecule has 1 saturated heterocycles. The third kappa shape index (κ3) is 3.16. The molecule has 0 bridgehead atoms. The molecule has 6 heteroatoms. The number of hydrogen-bond donors (Lipinski definition) is 1. The van der Waals surface area contributed by atoms with E-state index in [1.807, 2.05) is 0 Å². The van der Waals surface area contributed by atoms with Crippen molar-refractivity contribution in [2.24, 2.45) is 0 Å². The number of aliphatic hydroxyl groups is 1. The predicted octanol–water partition coefficient (Wildman–Crippen LogP) is 2.69. The molecule has 2 rings (SSSR count). The van der Waals surface area contributed by atoms with Crippen molar-refractivity contribution in [1.29, 1.82) is 0 Å². The van der Waals surface area contributed by atoms with E-state index in [1.165, 1.54) is 19.2 Å². The third-order valence-corrected chi connectivity index (χ3v) is 3.79. The number of anilines is 1. The van der Waals surface area contributed by atoms with Gasteiger partial charge in [0.05, 0.1) is 24.5 Å². The molecule has 20 heavy (non-hydrogen) atoms. The van der Waals surface area contributed by atoms with Crippen LogP contribution in [0.4, 0.5) is 10.1 Å². The zero-order chi connectivity index (χ0) is 14.7. The Morgan fingerprint density at radius 2 is 2.25 bits per heavy atom. The van der Waals surface area contributed by atoms with Crippen LogP contribution < -0.4 is 9.64 Å². The molecule has 0 radical (unpaired) electrons. The quantitative estimate of drug-likeness (QED) is 0.907. The summed E-state index contributed by atoms with van der Waals surface area (Å²) in [5.41, 5.74) is 0.317. The van der Waals surface area contributed by atoms with Crippen molar-refractivity contribution < 1.29 is 14.2 Å². The van der Waals surface area contributed by atoms with Crippen LogP contribution in [0.2, 0.25) is 5.02 Å². The highest BCUT2D eigenvalue weighted by Gasteiger charge is 2.30. The van der Waals surface area contributed by atoms with E-state index >= 15 is 0 Å². The summed E-state index contributed by atoms with van der Waals surface area (Å²) in [7, 11) is 1.48. The number of halogens is 2. The van der Waals surface area contributed by atoms with Crippen molar-refractivity contribution in [3.8, 4) is 5.75 Å². The minimum atomic E-state index is -0.716. The van der Waals surface area contributed by atoms with Crippen molar-refractivity contribution in [3.63, 3.8) is 0 Å². The van der Waals surface area contributed by atoms with Crippen LogP contribution >= 0.6 is 11.6 Å². The van der Waals surface area contributed by atoms with Gasteiger partial charge in [-0.2, -0.15) is 0 Å². The Morgan fingerprint density at radius 3 is 2.90 bits per heavy atom. The van der Waals surface area contributed by atoms with Crippen LogP contribution in [-0.4, -0.2) is 43.1 Å². The Morgan fingerprint density at radius 1 is 1.50 bits per heavy atom. The average molecular weight is 303 g/mol. The molecule has 0 saturated carbocycles. The SMILES string of the molecule is CCCCN1CC(O)N(c2cc(OC)c(Cl)cc2F)C1. The number of aliphatic hydroxyl groups excluding tert-OH is 1. The monoisotopic (exact) mass is 302 g/mol. The van der Waals surface area contributed by atoms with Crippen molar-refractivity contribution in [2.75, 3.05) is 31.8 Å². The summed E-state index contributed by atoms with van der Waals surface area (Å²) in [4.78, 5) is 3.73. The lowest BCUT2D eigenvalue weighted by Crippen LogP contribution is -2.31. The van der Waals surface area contributed by atoms with Crippen LogP contribution in [0.3, 0.4) is 0 Å². The largest absolute Gasteiger partial charge is 0.495 e. The van der Waals surface area contributed by atoms with Crippen LogP contribution in [0.1, 0.15) is 19.8 Å². The standard InChI is InChI=1S/C14H20ClFN2O2/c1-3-4-5-17-8-14(19)18(9-17)12-7-13(20-2)10(15)6-11(12)16/h6-7,14,19H,3-5,8-9H2,1-2H3. The molecular formula is C14H20ClFN2O2. The lowest BCUT2D eigenvalue weighted by atomic mass is 10.2. The smallest absolute Gasteiger partial charge is 0.148 e. The topological polar surface area (TPSA) is 35.9 Å². The van der Waals surface area contributed by atoms with Crippen LogP contribution in [-0.2, 0) is 0 Å². The van der Waals surface area contributed by atoms with Gasteiger partial charge in [0.25, 0.3) is 0 Å². The van der Waals surface area contributed by atoms with E-state index in [9.17, 15) is 9.50 Å². The second-order valence-corrected chi connectivity index (χ2v) is 5.37. The second kappa shape index (κ2) is 6.61. The molecule has 1 heterocycles. The highest BCUT2D eigenvalue weighted by atomic mass is 35.5. The highest BCUT2D eigenvalue weighted by molar-refractivity contribution is 6.32. The molecule has 0 aliphatic carbocycles. The number of rotatable bonds is 5. The summed E-state index contributed by atoms with van der Waals surface area (Å²) in [6.45, 7) is 4.04. The summed E-state index contributed by atoms with van der Waals surface area (Å²) in [5.74, 6) is -0.0468. The lowest BCUT2D eigenvalue weighted by Gasteiger charge is -2.23. The van der Waals surface area contributed by atoms with E-state index in [0.29, 0.717) is 24.7 Å². The van der Waals surface area contributed by atoms with E-state index in [-0.39, 0.29) is 5.02 Å². The number of benzene rings is 1. The van der Waals surface area contributed by atoms with E-state index in [1.54, 1.807) is 4.90 Å². The predicted molar refractivity (Wildman–Crippen MR) is 77.8 cm³/mol. The molecule has 112 valence electrons. The van der Waals surface area contributed by atoms with Gasteiger partial charge in [-0.1, -0.05) is 24.9 Å². The van der Waals surface area contributed by atoms with Gasteiger partial charge in [-0.3, -0.25) is 4.90 Å². The summed E-state index contributed by atoms with van der Waals surface area (Å²) < 4.78 is 19.2. The second-order valence-electron chi connectivity index (χ2n) is 4.96. The molecule has 0 spiro atoms. The molecule has 1 atom stereocenters. The molecule has 1 aliphatic heterocycles. The summed E-state index contributed by atoms with van der Waals surface area (Å²) in [6, 6.07) is 2.75. The average Bonchev–Trinajstić information content (AvgIpc) is 2.78. The lowest BCUT2D eigenvalue weighted by molar-refractivity contribution is 0.176. The molecule has 0 amide bonds. The maximum Gasteiger partial charge on any atom is 0.148 e. The minimum Gasteiger partial charge on any atom is -0.495 e. The van der Waals surface area contributed by atoms with Crippen molar-refractivity contribution in [2.45, 2.75) is 26.0 Å². The van der Waals surface area contributed by atoms with Gasteiger partial charge in [0.1, 0.15) is 17.8 Å². The zero-order valence-corrected chi connectivity index (χ0v) is 12.5. The van der Waals surface area contributed by atoms with E-state index in [4.69, 9.17) is 16.3 Å². The summed E-state index contributed by atoms with van der Waals surface area (Å²) >= 11 is 5.89. The molecule has 1 fully saturated rings. The number of ether oxygens (including phenoxy) is 1. The van der Waals surface area contributed by atoms with Crippen molar-refractivity contribution >= 4 is 17.3 Å². The van der Waals surface area contributed by atoms with Gasteiger partial charge in [0.15, 0.2) is 0 Å². The van der Waals surface area contributed by atoms with Crippen molar-refractivity contribution in [1.82, 2.24) is 4.90 Å². The first-order chi connectivity index (χ1) is 9.56. The Balaban J connectivity index is 2.19. The number of nitrogens with zero attached hydrogens (tertiary/aromatic N) is 2. The molecule has 0 aromatic heterocycles. The Kier molecular flexibility index (Phi) is 5.07. The Bertz CT molecular complexity index is 473. The maximum atomic E-state index is 14.1. The first-order valence-electron chi connectivity index (χ1n) is 6.77. The molecule has 4 nitrogen and oxygen atoms in total. The van der Waals surface area contributed by atoms with E-state index in [0.717, 1.165) is 19.4 Å². The molecule has 1 aromatic rings. The first kappa shape index (κ1) is 15.4. The molecule has 1 N–H and O–H groups in total. The summed E-state index contributed by atoms with van der Waals surface area (Å²) in [6.07, 6.45) is 1.44. The van der Waals surface area contributed by atoms with Gasteiger partial charge in [0.2, 0.25) is 0 Å². The Labute approximate surface area is 123 Å².